The number of ether oxygens (including phenoxy) is 1. The van der Waals surface area contributed by atoms with E-state index in [0.29, 0.717) is 5.92 Å². The predicted octanol–water partition coefficient (Wildman–Crippen LogP) is 3.75. The fourth-order valence-electron chi connectivity index (χ4n) is 1.12. The standard InChI is InChI=1S/C12H18OS/c1-9(2)8-13-12-7-11(14-4)6-5-10(12)3/h5-7,9H,8H2,1-4H3. The number of benzene rings is 1. The third-order valence-electron chi connectivity index (χ3n) is 1.97. The number of aryl methyl sites for hydroxylation is 1. The third-order valence-corrected chi connectivity index (χ3v) is 2.69. The maximum atomic E-state index is 5.73. The lowest BCUT2D eigenvalue weighted by Gasteiger charge is -2.11. The van der Waals surface area contributed by atoms with Gasteiger partial charge in [-0.25, -0.2) is 0 Å². The molecule has 1 nitrogen and oxygen atoms in total. The lowest BCUT2D eigenvalue weighted by Crippen LogP contribution is -2.05. The van der Waals surface area contributed by atoms with Gasteiger partial charge in [0.15, 0.2) is 0 Å². The first kappa shape index (κ1) is 11.4. The van der Waals surface area contributed by atoms with Crippen LogP contribution in [-0.4, -0.2) is 12.9 Å². The SMILES string of the molecule is CSc1ccc(C)c(OCC(C)C)c1. The Morgan fingerprint density at radius 1 is 1.36 bits per heavy atom. The van der Waals surface area contributed by atoms with Crippen LogP contribution >= 0.6 is 11.8 Å². The number of hydrogen-bond donors (Lipinski definition) is 0. The molecule has 0 atom stereocenters. The molecule has 0 aliphatic carbocycles. The van der Waals surface area contributed by atoms with E-state index in [2.05, 4.69) is 45.2 Å². The van der Waals surface area contributed by atoms with Gasteiger partial charge in [-0.15, -0.1) is 11.8 Å². The molecule has 0 spiro atoms. The van der Waals surface area contributed by atoms with E-state index >= 15 is 0 Å². The predicted molar refractivity (Wildman–Crippen MR) is 63.3 cm³/mol. The summed E-state index contributed by atoms with van der Waals surface area (Å²) in [5, 5.41) is 0. The van der Waals surface area contributed by atoms with E-state index in [0.717, 1.165) is 12.4 Å². The van der Waals surface area contributed by atoms with E-state index in [-0.39, 0.29) is 0 Å². The molecule has 0 radical (unpaired) electrons. The van der Waals surface area contributed by atoms with Crippen molar-refractivity contribution in [3.05, 3.63) is 23.8 Å². The van der Waals surface area contributed by atoms with Crippen LogP contribution in [0.15, 0.2) is 23.1 Å². The highest BCUT2D eigenvalue weighted by Gasteiger charge is 2.02. The van der Waals surface area contributed by atoms with Gasteiger partial charge in [0.25, 0.3) is 0 Å². The van der Waals surface area contributed by atoms with Crippen LogP contribution in [0.1, 0.15) is 19.4 Å². The second-order valence-corrected chi connectivity index (χ2v) is 4.72. The largest absolute Gasteiger partial charge is 0.493 e. The molecule has 0 saturated heterocycles. The number of thioether (sulfide) groups is 1. The highest BCUT2D eigenvalue weighted by molar-refractivity contribution is 7.98. The molecule has 0 aromatic heterocycles. The van der Waals surface area contributed by atoms with Crippen LogP contribution in [0.25, 0.3) is 0 Å². The Balaban J connectivity index is 2.73. The summed E-state index contributed by atoms with van der Waals surface area (Å²) in [7, 11) is 0. The van der Waals surface area contributed by atoms with Crippen LogP contribution in [0.5, 0.6) is 5.75 Å². The van der Waals surface area contributed by atoms with Crippen LogP contribution in [0.3, 0.4) is 0 Å². The van der Waals surface area contributed by atoms with E-state index in [1.807, 2.05) is 0 Å². The molecule has 0 N–H and O–H groups in total. The lowest BCUT2D eigenvalue weighted by molar-refractivity contribution is 0.269. The third kappa shape index (κ3) is 3.26. The first-order valence-corrected chi connectivity index (χ1v) is 6.13. The molecule has 0 saturated carbocycles. The van der Waals surface area contributed by atoms with Crippen molar-refractivity contribution in [3.8, 4) is 5.75 Å². The van der Waals surface area contributed by atoms with Crippen LogP contribution in [0, 0.1) is 12.8 Å². The molecule has 0 heterocycles. The van der Waals surface area contributed by atoms with Gasteiger partial charge in [0.05, 0.1) is 6.61 Å². The molecule has 2 heteroatoms. The van der Waals surface area contributed by atoms with Crippen molar-refractivity contribution < 1.29 is 4.74 Å². The molecule has 0 aliphatic rings. The van der Waals surface area contributed by atoms with E-state index < -0.39 is 0 Å². The zero-order chi connectivity index (χ0) is 10.6. The van der Waals surface area contributed by atoms with Crippen LogP contribution in [0.2, 0.25) is 0 Å². The average Bonchev–Trinajstić information content (AvgIpc) is 2.16. The van der Waals surface area contributed by atoms with Crippen molar-refractivity contribution in [1.82, 2.24) is 0 Å². The minimum atomic E-state index is 0.576. The van der Waals surface area contributed by atoms with Gasteiger partial charge in [-0.05, 0) is 36.8 Å². The summed E-state index contributed by atoms with van der Waals surface area (Å²) in [6, 6.07) is 6.35. The van der Waals surface area contributed by atoms with Crippen molar-refractivity contribution in [2.45, 2.75) is 25.7 Å². The van der Waals surface area contributed by atoms with E-state index in [1.165, 1.54) is 10.5 Å². The zero-order valence-corrected chi connectivity index (χ0v) is 10.1. The normalized spacial score (nSPS) is 10.6. The molecule has 0 unspecified atom stereocenters. The average molecular weight is 210 g/mol. The first-order valence-electron chi connectivity index (χ1n) is 4.91. The zero-order valence-electron chi connectivity index (χ0n) is 9.33. The molecule has 14 heavy (non-hydrogen) atoms. The van der Waals surface area contributed by atoms with Gasteiger partial charge in [-0.2, -0.15) is 0 Å². The Bertz CT molecular complexity index is 294. The highest BCUT2D eigenvalue weighted by atomic mass is 32.2. The Hall–Kier alpha value is -0.630. The summed E-state index contributed by atoms with van der Waals surface area (Å²) < 4.78 is 5.73. The molecule has 0 bridgehead atoms. The van der Waals surface area contributed by atoms with Crippen molar-refractivity contribution in [1.29, 1.82) is 0 Å². The first-order chi connectivity index (χ1) is 6.63. The fraction of sp³-hybridized carbons (Fsp3) is 0.500. The minimum Gasteiger partial charge on any atom is -0.493 e. The van der Waals surface area contributed by atoms with Crippen molar-refractivity contribution in [3.63, 3.8) is 0 Å². The second kappa shape index (κ2) is 5.30. The van der Waals surface area contributed by atoms with Crippen LogP contribution < -0.4 is 4.74 Å². The van der Waals surface area contributed by atoms with Crippen molar-refractivity contribution >= 4 is 11.8 Å². The maximum Gasteiger partial charge on any atom is 0.123 e. The Labute approximate surface area is 90.9 Å². The van der Waals surface area contributed by atoms with Gasteiger partial charge >= 0.3 is 0 Å². The Kier molecular flexibility index (Phi) is 4.33. The van der Waals surface area contributed by atoms with Crippen molar-refractivity contribution in [2.24, 2.45) is 5.92 Å². The summed E-state index contributed by atoms with van der Waals surface area (Å²) in [4.78, 5) is 1.26. The molecule has 1 rings (SSSR count). The summed E-state index contributed by atoms with van der Waals surface area (Å²) >= 11 is 1.75. The molecule has 0 aliphatic heterocycles. The second-order valence-electron chi connectivity index (χ2n) is 3.84. The van der Waals surface area contributed by atoms with Gasteiger partial charge in [-0.3, -0.25) is 0 Å². The van der Waals surface area contributed by atoms with Gasteiger partial charge in [0, 0.05) is 4.90 Å². The molecular weight excluding hydrogens is 192 g/mol. The molecule has 78 valence electrons. The summed E-state index contributed by atoms with van der Waals surface area (Å²) in [5.41, 5.74) is 1.21. The summed E-state index contributed by atoms with van der Waals surface area (Å²) in [6.45, 7) is 7.19. The number of rotatable bonds is 4. The highest BCUT2D eigenvalue weighted by Crippen LogP contribution is 2.25. The smallest absolute Gasteiger partial charge is 0.123 e. The van der Waals surface area contributed by atoms with Gasteiger partial charge < -0.3 is 4.74 Å². The van der Waals surface area contributed by atoms with Crippen LogP contribution in [0.4, 0.5) is 0 Å². The van der Waals surface area contributed by atoms with Gasteiger partial charge in [0.2, 0.25) is 0 Å². The minimum absolute atomic E-state index is 0.576. The lowest BCUT2D eigenvalue weighted by atomic mass is 10.2. The Morgan fingerprint density at radius 3 is 2.64 bits per heavy atom. The number of hydrogen-bond acceptors (Lipinski definition) is 2. The van der Waals surface area contributed by atoms with Gasteiger partial charge in [0.1, 0.15) is 5.75 Å². The summed E-state index contributed by atoms with van der Waals surface area (Å²) in [6.07, 6.45) is 2.08. The molecular formula is C12H18OS. The van der Waals surface area contributed by atoms with Crippen molar-refractivity contribution in [2.75, 3.05) is 12.9 Å². The molecule has 1 aromatic carbocycles. The Morgan fingerprint density at radius 2 is 2.07 bits per heavy atom. The maximum absolute atomic E-state index is 5.73. The van der Waals surface area contributed by atoms with E-state index in [4.69, 9.17) is 4.74 Å². The quantitative estimate of drug-likeness (QED) is 0.700. The summed E-state index contributed by atoms with van der Waals surface area (Å²) in [5.74, 6) is 1.60. The van der Waals surface area contributed by atoms with Crippen LogP contribution in [-0.2, 0) is 0 Å². The van der Waals surface area contributed by atoms with E-state index in [9.17, 15) is 0 Å². The molecule has 1 aromatic rings. The fourth-order valence-corrected chi connectivity index (χ4v) is 1.55. The van der Waals surface area contributed by atoms with Gasteiger partial charge in [-0.1, -0.05) is 19.9 Å². The molecule has 0 amide bonds. The van der Waals surface area contributed by atoms with E-state index in [1.54, 1.807) is 11.8 Å². The topological polar surface area (TPSA) is 9.23 Å². The molecule has 0 fully saturated rings. The monoisotopic (exact) mass is 210 g/mol.